The van der Waals surface area contributed by atoms with Crippen LogP contribution in [0, 0.1) is 6.92 Å². The van der Waals surface area contributed by atoms with Crippen LogP contribution < -0.4 is 4.90 Å². The van der Waals surface area contributed by atoms with Gasteiger partial charge < -0.3 is 14.5 Å². The Morgan fingerprint density at radius 1 is 1.21 bits per heavy atom. The second-order valence-corrected chi connectivity index (χ2v) is 6.38. The summed E-state index contributed by atoms with van der Waals surface area (Å²) in [5.74, 6) is 0.743. The number of aryl methyl sites for hydroxylation is 1. The van der Waals surface area contributed by atoms with E-state index in [4.69, 9.17) is 4.74 Å². The maximum atomic E-state index is 12.4. The molecular formula is C18H20N4O2. The van der Waals surface area contributed by atoms with Gasteiger partial charge in [-0.25, -0.2) is 9.97 Å². The van der Waals surface area contributed by atoms with Gasteiger partial charge >= 0.3 is 0 Å². The summed E-state index contributed by atoms with van der Waals surface area (Å²) in [5.41, 5.74) is 2.36. The van der Waals surface area contributed by atoms with E-state index in [2.05, 4.69) is 40.0 Å². The van der Waals surface area contributed by atoms with Crippen LogP contribution in [0.25, 0.3) is 0 Å². The Balaban J connectivity index is 1.55. The van der Waals surface area contributed by atoms with Crippen LogP contribution in [0.1, 0.15) is 11.1 Å². The predicted molar refractivity (Wildman–Crippen MR) is 89.5 cm³/mol. The van der Waals surface area contributed by atoms with Crippen LogP contribution in [0.5, 0.6) is 0 Å². The summed E-state index contributed by atoms with van der Waals surface area (Å²) in [6.07, 6.45) is 3.48. The molecule has 6 nitrogen and oxygen atoms in total. The van der Waals surface area contributed by atoms with Gasteiger partial charge in [0, 0.05) is 32.0 Å². The largest absolute Gasteiger partial charge is 0.364 e. The van der Waals surface area contributed by atoms with Crippen LogP contribution >= 0.6 is 0 Å². The Hall–Kier alpha value is -2.47. The molecule has 2 aromatic rings. The fourth-order valence-electron chi connectivity index (χ4n) is 3.50. The average molecular weight is 324 g/mol. The first kappa shape index (κ1) is 15.1. The highest BCUT2D eigenvalue weighted by Crippen LogP contribution is 2.27. The van der Waals surface area contributed by atoms with E-state index in [9.17, 15) is 4.79 Å². The quantitative estimate of drug-likeness (QED) is 0.854. The minimum atomic E-state index is 0.0105. The number of anilines is 1. The van der Waals surface area contributed by atoms with Gasteiger partial charge in [-0.05, 0) is 18.6 Å². The van der Waals surface area contributed by atoms with E-state index < -0.39 is 0 Å². The molecule has 1 amide bonds. The lowest BCUT2D eigenvalue weighted by molar-refractivity contribution is -0.153. The lowest BCUT2D eigenvalue weighted by atomic mass is 10.1. The molecule has 0 unspecified atom stereocenters. The van der Waals surface area contributed by atoms with Gasteiger partial charge in [0.2, 0.25) is 11.9 Å². The van der Waals surface area contributed by atoms with Crippen molar-refractivity contribution in [2.75, 3.05) is 24.6 Å². The van der Waals surface area contributed by atoms with Crippen molar-refractivity contribution in [2.24, 2.45) is 0 Å². The monoisotopic (exact) mass is 324 g/mol. The van der Waals surface area contributed by atoms with Gasteiger partial charge in [0.1, 0.15) is 6.61 Å². The van der Waals surface area contributed by atoms with Gasteiger partial charge in [-0.2, -0.15) is 0 Å². The minimum absolute atomic E-state index is 0.0105. The molecule has 6 heteroatoms. The van der Waals surface area contributed by atoms with Crippen LogP contribution in [-0.4, -0.2) is 52.6 Å². The van der Waals surface area contributed by atoms with Gasteiger partial charge in [0.05, 0.1) is 12.1 Å². The van der Waals surface area contributed by atoms with Gasteiger partial charge in [0.25, 0.3) is 0 Å². The molecule has 0 N–H and O–H groups in total. The molecule has 0 spiro atoms. The number of benzene rings is 1. The molecule has 2 atom stereocenters. The van der Waals surface area contributed by atoms with Crippen molar-refractivity contribution in [3.05, 3.63) is 53.9 Å². The summed E-state index contributed by atoms with van der Waals surface area (Å²) >= 11 is 0. The first-order chi connectivity index (χ1) is 11.7. The summed E-state index contributed by atoms with van der Waals surface area (Å²) < 4.78 is 5.77. The molecule has 4 rings (SSSR count). The average Bonchev–Trinajstić information content (AvgIpc) is 3.03. The summed E-state index contributed by atoms with van der Waals surface area (Å²) in [4.78, 5) is 25.1. The number of nitrogens with zero attached hydrogens (tertiary/aromatic N) is 4. The lowest BCUT2D eigenvalue weighted by Crippen LogP contribution is -2.53. The molecule has 3 heterocycles. The standard InChI is InChI=1S/C18H20N4O2/c1-13-4-2-5-14(8-13)9-22-15-10-21(18-19-6-3-7-20-18)11-16(15)24-12-17(22)23/h2-8,15-16H,9-12H2,1H3/t15-,16-/m1/s1. The van der Waals surface area contributed by atoms with Crippen LogP contribution in [-0.2, 0) is 16.1 Å². The summed E-state index contributed by atoms with van der Waals surface area (Å²) in [6.45, 7) is 4.25. The van der Waals surface area contributed by atoms with E-state index in [1.54, 1.807) is 18.5 Å². The number of aromatic nitrogens is 2. The van der Waals surface area contributed by atoms with Crippen molar-refractivity contribution in [2.45, 2.75) is 25.6 Å². The first-order valence-corrected chi connectivity index (χ1v) is 8.19. The van der Waals surface area contributed by atoms with Crippen molar-refractivity contribution < 1.29 is 9.53 Å². The normalized spacial score (nSPS) is 23.5. The molecule has 0 saturated carbocycles. The first-order valence-electron chi connectivity index (χ1n) is 8.19. The number of amides is 1. The van der Waals surface area contributed by atoms with E-state index in [1.807, 2.05) is 11.0 Å². The predicted octanol–water partition coefficient (Wildman–Crippen LogP) is 1.40. The molecular weight excluding hydrogens is 304 g/mol. The molecule has 124 valence electrons. The fraction of sp³-hybridized carbons (Fsp3) is 0.389. The number of ether oxygens (including phenoxy) is 1. The Kier molecular flexibility index (Phi) is 3.90. The Morgan fingerprint density at radius 3 is 2.83 bits per heavy atom. The van der Waals surface area contributed by atoms with Gasteiger partial charge in [-0.1, -0.05) is 29.8 Å². The highest BCUT2D eigenvalue weighted by molar-refractivity contribution is 5.79. The van der Waals surface area contributed by atoms with Crippen LogP contribution in [0.4, 0.5) is 5.95 Å². The maximum absolute atomic E-state index is 12.4. The molecule has 2 saturated heterocycles. The SMILES string of the molecule is Cc1cccc(CN2C(=O)CO[C@@H]3CN(c4ncccn4)C[C@H]32)c1. The van der Waals surface area contributed by atoms with Crippen LogP contribution in [0.3, 0.4) is 0 Å². The molecule has 0 radical (unpaired) electrons. The molecule has 1 aromatic heterocycles. The van der Waals surface area contributed by atoms with E-state index in [0.717, 1.165) is 5.56 Å². The zero-order valence-electron chi connectivity index (χ0n) is 13.6. The summed E-state index contributed by atoms with van der Waals surface area (Å²) in [7, 11) is 0. The zero-order valence-corrected chi connectivity index (χ0v) is 13.6. The van der Waals surface area contributed by atoms with E-state index in [1.165, 1.54) is 5.56 Å². The highest BCUT2D eigenvalue weighted by atomic mass is 16.5. The topological polar surface area (TPSA) is 58.6 Å². The van der Waals surface area contributed by atoms with E-state index in [-0.39, 0.29) is 24.7 Å². The third kappa shape index (κ3) is 2.85. The summed E-state index contributed by atoms with van der Waals surface area (Å²) in [6, 6.07) is 10.1. The third-order valence-electron chi connectivity index (χ3n) is 4.65. The Labute approximate surface area is 141 Å². The van der Waals surface area contributed by atoms with Crippen molar-refractivity contribution in [1.29, 1.82) is 0 Å². The van der Waals surface area contributed by atoms with Crippen LogP contribution in [0.2, 0.25) is 0 Å². The van der Waals surface area contributed by atoms with Gasteiger partial charge in [-0.3, -0.25) is 4.79 Å². The van der Waals surface area contributed by atoms with Crippen molar-refractivity contribution in [3.63, 3.8) is 0 Å². The Morgan fingerprint density at radius 2 is 2.04 bits per heavy atom. The molecule has 0 bridgehead atoms. The molecule has 2 fully saturated rings. The number of carbonyl (C=O) groups excluding carboxylic acids is 1. The highest BCUT2D eigenvalue weighted by Gasteiger charge is 2.43. The van der Waals surface area contributed by atoms with Crippen molar-refractivity contribution >= 4 is 11.9 Å². The molecule has 2 aliphatic heterocycles. The van der Waals surface area contributed by atoms with Crippen molar-refractivity contribution in [1.82, 2.24) is 14.9 Å². The fourth-order valence-corrected chi connectivity index (χ4v) is 3.50. The van der Waals surface area contributed by atoms with Gasteiger partial charge in [0.15, 0.2) is 0 Å². The molecule has 2 aliphatic rings. The van der Waals surface area contributed by atoms with E-state index >= 15 is 0 Å². The number of fused-ring (bicyclic) bond motifs is 1. The number of rotatable bonds is 3. The summed E-state index contributed by atoms with van der Waals surface area (Å²) in [5, 5.41) is 0. The second kappa shape index (κ2) is 6.20. The second-order valence-electron chi connectivity index (χ2n) is 6.38. The lowest BCUT2D eigenvalue weighted by Gasteiger charge is -2.36. The molecule has 1 aromatic carbocycles. The molecule has 24 heavy (non-hydrogen) atoms. The number of morpholine rings is 1. The number of hydrogen-bond donors (Lipinski definition) is 0. The zero-order chi connectivity index (χ0) is 16.5. The third-order valence-corrected chi connectivity index (χ3v) is 4.65. The molecule has 0 aliphatic carbocycles. The van der Waals surface area contributed by atoms with Crippen molar-refractivity contribution in [3.8, 4) is 0 Å². The van der Waals surface area contributed by atoms with Crippen LogP contribution in [0.15, 0.2) is 42.7 Å². The maximum Gasteiger partial charge on any atom is 0.249 e. The number of carbonyl (C=O) groups is 1. The van der Waals surface area contributed by atoms with Gasteiger partial charge in [-0.15, -0.1) is 0 Å². The Bertz CT molecular complexity index is 737. The number of hydrogen-bond acceptors (Lipinski definition) is 5. The minimum Gasteiger partial charge on any atom is -0.364 e. The smallest absolute Gasteiger partial charge is 0.249 e. The van der Waals surface area contributed by atoms with E-state index in [0.29, 0.717) is 25.6 Å².